The summed E-state index contributed by atoms with van der Waals surface area (Å²) in [5.74, 6) is 0.518. The van der Waals surface area contributed by atoms with Gasteiger partial charge in [0.05, 0.1) is 6.26 Å². The molecular formula is C18H16O3. The third kappa shape index (κ3) is 2.55. The second-order valence-corrected chi connectivity index (χ2v) is 5.17. The van der Waals surface area contributed by atoms with Gasteiger partial charge in [-0.1, -0.05) is 30.3 Å². The van der Waals surface area contributed by atoms with Crippen molar-refractivity contribution in [1.82, 2.24) is 0 Å². The first-order valence-corrected chi connectivity index (χ1v) is 6.90. The maximum atomic E-state index is 11.9. The number of aliphatic hydroxyl groups excluding tert-OH is 1. The van der Waals surface area contributed by atoms with Gasteiger partial charge in [0.1, 0.15) is 11.5 Å². The normalized spacial score (nSPS) is 18.5. The molecule has 0 saturated heterocycles. The quantitative estimate of drug-likeness (QED) is 0.914. The van der Waals surface area contributed by atoms with Crippen molar-refractivity contribution in [3.05, 3.63) is 77.5 Å². The van der Waals surface area contributed by atoms with Crippen LogP contribution in [0.2, 0.25) is 0 Å². The first kappa shape index (κ1) is 13.4. The van der Waals surface area contributed by atoms with Crippen molar-refractivity contribution in [2.24, 2.45) is 0 Å². The molecule has 0 spiro atoms. The van der Waals surface area contributed by atoms with Gasteiger partial charge in [-0.05, 0) is 42.7 Å². The van der Waals surface area contributed by atoms with Gasteiger partial charge in [-0.2, -0.15) is 0 Å². The molecule has 1 aromatic heterocycles. The van der Waals surface area contributed by atoms with Gasteiger partial charge in [-0.15, -0.1) is 0 Å². The minimum absolute atomic E-state index is 0.0361. The zero-order valence-electron chi connectivity index (χ0n) is 11.7. The number of Topliss-reactive ketones (excluding diaryl/α,β-unsaturated/α-hetero) is 1. The minimum Gasteiger partial charge on any atom is -0.508 e. The van der Waals surface area contributed by atoms with E-state index in [0.29, 0.717) is 12.0 Å². The highest BCUT2D eigenvalue weighted by atomic mass is 16.3. The molecule has 0 bridgehead atoms. The van der Waals surface area contributed by atoms with Crippen LogP contribution in [0.1, 0.15) is 30.6 Å². The van der Waals surface area contributed by atoms with Gasteiger partial charge in [0, 0.05) is 11.5 Å². The number of hydrogen-bond donors (Lipinski definition) is 1. The van der Waals surface area contributed by atoms with E-state index in [4.69, 9.17) is 4.42 Å². The smallest absolute Gasteiger partial charge is 0.160 e. The molecule has 0 amide bonds. The highest BCUT2D eigenvalue weighted by Crippen LogP contribution is 2.40. The Balaban J connectivity index is 2.08. The van der Waals surface area contributed by atoms with Crippen LogP contribution in [0, 0.1) is 0 Å². The number of allylic oxidation sites excluding steroid dienone is 3. The van der Waals surface area contributed by atoms with E-state index in [-0.39, 0.29) is 17.5 Å². The summed E-state index contributed by atoms with van der Waals surface area (Å²) < 4.78 is 5.41. The van der Waals surface area contributed by atoms with Gasteiger partial charge in [0.15, 0.2) is 5.78 Å². The lowest BCUT2D eigenvalue weighted by Gasteiger charge is -2.25. The predicted octanol–water partition coefficient (Wildman–Crippen LogP) is 4.25. The van der Waals surface area contributed by atoms with E-state index in [2.05, 4.69) is 0 Å². The van der Waals surface area contributed by atoms with E-state index in [1.165, 1.54) is 6.92 Å². The Labute approximate surface area is 123 Å². The molecule has 0 radical (unpaired) electrons. The number of carbonyl (C=O) groups is 1. The Bertz CT molecular complexity index is 706. The van der Waals surface area contributed by atoms with Crippen LogP contribution in [0.3, 0.4) is 0 Å². The van der Waals surface area contributed by atoms with Crippen LogP contribution in [-0.4, -0.2) is 10.9 Å². The van der Waals surface area contributed by atoms with Crippen molar-refractivity contribution >= 4 is 11.4 Å². The molecule has 1 aromatic carbocycles. The van der Waals surface area contributed by atoms with Crippen molar-refractivity contribution in [2.45, 2.75) is 19.3 Å². The van der Waals surface area contributed by atoms with Gasteiger partial charge in [0.25, 0.3) is 0 Å². The number of carbonyl (C=O) groups excluding carboxylic acids is 1. The van der Waals surface area contributed by atoms with Gasteiger partial charge in [-0.3, -0.25) is 4.79 Å². The molecule has 3 nitrogen and oxygen atoms in total. The first-order valence-electron chi connectivity index (χ1n) is 6.90. The van der Waals surface area contributed by atoms with Crippen LogP contribution in [-0.2, 0) is 4.79 Å². The monoisotopic (exact) mass is 280 g/mol. The second-order valence-electron chi connectivity index (χ2n) is 5.17. The SMILES string of the molecule is CC(=O)C1=C(O)C=C(c2ccco2)CC1c1ccccc1. The first-order chi connectivity index (χ1) is 10.2. The molecule has 1 N–H and O–H groups in total. The van der Waals surface area contributed by atoms with Crippen LogP contribution in [0.25, 0.3) is 5.57 Å². The average molecular weight is 280 g/mol. The topological polar surface area (TPSA) is 50.4 Å². The highest BCUT2D eigenvalue weighted by molar-refractivity contribution is 5.97. The molecule has 0 fully saturated rings. The molecule has 2 aromatic rings. The van der Waals surface area contributed by atoms with E-state index < -0.39 is 0 Å². The summed E-state index contributed by atoms with van der Waals surface area (Å²) in [7, 11) is 0. The third-order valence-electron chi connectivity index (χ3n) is 3.78. The lowest BCUT2D eigenvalue weighted by atomic mass is 9.79. The van der Waals surface area contributed by atoms with Crippen molar-refractivity contribution in [1.29, 1.82) is 0 Å². The number of ketones is 1. The third-order valence-corrected chi connectivity index (χ3v) is 3.78. The van der Waals surface area contributed by atoms with E-state index in [0.717, 1.165) is 16.9 Å². The van der Waals surface area contributed by atoms with Crippen molar-refractivity contribution in [3.8, 4) is 0 Å². The fourth-order valence-electron chi connectivity index (χ4n) is 2.83. The molecular weight excluding hydrogens is 264 g/mol. The van der Waals surface area contributed by atoms with E-state index in [9.17, 15) is 9.90 Å². The Kier molecular flexibility index (Phi) is 3.48. The molecule has 1 unspecified atom stereocenters. The largest absolute Gasteiger partial charge is 0.508 e. The maximum Gasteiger partial charge on any atom is 0.160 e. The molecule has 0 saturated carbocycles. The second kappa shape index (κ2) is 5.44. The fourth-order valence-corrected chi connectivity index (χ4v) is 2.83. The van der Waals surface area contributed by atoms with Gasteiger partial charge < -0.3 is 9.52 Å². The Hall–Kier alpha value is -2.55. The Morgan fingerprint density at radius 2 is 1.95 bits per heavy atom. The number of benzene rings is 1. The van der Waals surface area contributed by atoms with Crippen LogP contribution >= 0.6 is 0 Å². The summed E-state index contributed by atoms with van der Waals surface area (Å²) in [6, 6.07) is 13.4. The van der Waals surface area contributed by atoms with Crippen LogP contribution in [0.5, 0.6) is 0 Å². The number of rotatable bonds is 3. The molecule has 0 aliphatic heterocycles. The Morgan fingerprint density at radius 3 is 2.57 bits per heavy atom. The van der Waals surface area contributed by atoms with E-state index >= 15 is 0 Å². The van der Waals surface area contributed by atoms with Crippen molar-refractivity contribution < 1.29 is 14.3 Å². The Morgan fingerprint density at radius 1 is 1.19 bits per heavy atom. The molecule has 1 aliphatic rings. The van der Waals surface area contributed by atoms with E-state index in [1.807, 2.05) is 42.5 Å². The molecule has 1 atom stereocenters. The highest BCUT2D eigenvalue weighted by Gasteiger charge is 2.29. The summed E-state index contributed by atoms with van der Waals surface area (Å²) in [5, 5.41) is 10.3. The summed E-state index contributed by atoms with van der Waals surface area (Å²) in [4.78, 5) is 11.9. The summed E-state index contributed by atoms with van der Waals surface area (Å²) in [5.41, 5.74) is 2.39. The standard InChI is InChI=1S/C18H16O3/c1-12(19)18-15(13-6-3-2-4-7-13)10-14(11-16(18)20)17-8-5-9-21-17/h2-9,11,15,20H,10H2,1H3. The molecule has 21 heavy (non-hydrogen) atoms. The summed E-state index contributed by atoms with van der Waals surface area (Å²) in [6.07, 6.45) is 3.88. The maximum absolute atomic E-state index is 11.9. The number of aliphatic hydroxyl groups is 1. The summed E-state index contributed by atoms with van der Waals surface area (Å²) in [6.45, 7) is 1.49. The fraction of sp³-hybridized carbons (Fsp3) is 0.167. The zero-order chi connectivity index (χ0) is 14.8. The van der Waals surface area contributed by atoms with Crippen molar-refractivity contribution in [2.75, 3.05) is 0 Å². The minimum atomic E-state index is -0.145. The van der Waals surface area contributed by atoms with E-state index in [1.54, 1.807) is 12.3 Å². The molecule has 1 aliphatic carbocycles. The average Bonchev–Trinajstić information content (AvgIpc) is 3.01. The number of furan rings is 1. The van der Waals surface area contributed by atoms with Gasteiger partial charge >= 0.3 is 0 Å². The van der Waals surface area contributed by atoms with Gasteiger partial charge in [-0.25, -0.2) is 0 Å². The lowest BCUT2D eigenvalue weighted by molar-refractivity contribution is -0.114. The van der Waals surface area contributed by atoms with Crippen molar-refractivity contribution in [3.63, 3.8) is 0 Å². The van der Waals surface area contributed by atoms with Crippen LogP contribution in [0.4, 0.5) is 0 Å². The number of hydrogen-bond acceptors (Lipinski definition) is 3. The van der Waals surface area contributed by atoms with Gasteiger partial charge in [0.2, 0.25) is 0 Å². The molecule has 3 heteroatoms. The molecule has 106 valence electrons. The lowest BCUT2D eigenvalue weighted by Crippen LogP contribution is -2.16. The molecule has 3 rings (SSSR count). The van der Waals surface area contributed by atoms with Crippen LogP contribution < -0.4 is 0 Å². The zero-order valence-corrected chi connectivity index (χ0v) is 11.7. The summed E-state index contributed by atoms with van der Waals surface area (Å²) >= 11 is 0. The predicted molar refractivity (Wildman–Crippen MR) is 80.8 cm³/mol. The molecule has 1 heterocycles. The van der Waals surface area contributed by atoms with Crippen LogP contribution in [0.15, 0.2) is 70.6 Å².